The first kappa shape index (κ1) is 27.8. The van der Waals surface area contributed by atoms with Crippen LogP contribution in [0.3, 0.4) is 0 Å². The molecule has 194 valence electrons. The van der Waals surface area contributed by atoms with Crippen molar-refractivity contribution in [2.75, 3.05) is 0 Å². The van der Waals surface area contributed by atoms with Crippen LogP contribution in [0.1, 0.15) is 63.3 Å². The molecule has 0 radical (unpaired) electrons. The molecule has 7 heteroatoms. The van der Waals surface area contributed by atoms with Crippen LogP contribution in [0.25, 0.3) is 0 Å². The lowest BCUT2D eigenvalue weighted by molar-refractivity contribution is -0.384. The molecule has 0 aromatic heterocycles. The van der Waals surface area contributed by atoms with Gasteiger partial charge >= 0.3 is 0 Å². The maximum atomic E-state index is 12.0. The molecule has 0 fully saturated rings. The van der Waals surface area contributed by atoms with Crippen LogP contribution >= 0.6 is 0 Å². The number of nitrogens with one attached hydrogen (secondary N) is 2. The van der Waals surface area contributed by atoms with Gasteiger partial charge in [-0.3, -0.25) is 19.7 Å². The molecule has 0 spiro atoms. The molecule has 2 N–H and O–H groups in total. The summed E-state index contributed by atoms with van der Waals surface area (Å²) < 4.78 is 0. The number of nitro groups is 1. The van der Waals surface area contributed by atoms with Gasteiger partial charge in [-0.2, -0.15) is 0 Å². The highest BCUT2D eigenvalue weighted by Gasteiger charge is 2.13. The molecule has 4 rings (SSSR count). The Morgan fingerprint density at radius 2 is 1.00 bits per heavy atom. The van der Waals surface area contributed by atoms with E-state index in [-0.39, 0.29) is 29.6 Å². The summed E-state index contributed by atoms with van der Waals surface area (Å²) >= 11 is 0. The number of benzene rings is 4. The number of rotatable bonds is 7. The number of non-ortho nitro benzene ring substituents is 1. The SMILES string of the molecule is C[C@H](NC(=O)c1ccc([N+](=O)[O-])cc1)c1ccccc1.Cc1ccc(C(=O)N[C@H](C)c2ccccc2)cc1. The van der Waals surface area contributed by atoms with Crippen molar-refractivity contribution in [1.29, 1.82) is 0 Å². The molecule has 2 atom stereocenters. The molecule has 0 aliphatic heterocycles. The first-order chi connectivity index (χ1) is 18.2. The van der Waals surface area contributed by atoms with E-state index in [1.807, 2.05) is 106 Å². The predicted octanol–water partition coefficient (Wildman–Crippen LogP) is 6.57. The number of nitro benzene ring substituents is 1. The van der Waals surface area contributed by atoms with Crippen molar-refractivity contribution < 1.29 is 14.5 Å². The van der Waals surface area contributed by atoms with E-state index in [2.05, 4.69) is 10.6 Å². The lowest BCUT2D eigenvalue weighted by atomic mass is 10.1. The Morgan fingerprint density at radius 3 is 1.37 bits per heavy atom. The summed E-state index contributed by atoms with van der Waals surface area (Å²) in [6.07, 6.45) is 0. The Kier molecular flexibility index (Phi) is 9.88. The van der Waals surface area contributed by atoms with Crippen LogP contribution in [0.2, 0.25) is 0 Å². The molecule has 0 saturated heterocycles. The summed E-state index contributed by atoms with van der Waals surface area (Å²) in [6.45, 7) is 5.88. The van der Waals surface area contributed by atoms with Crippen molar-refractivity contribution in [2.45, 2.75) is 32.9 Å². The van der Waals surface area contributed by atoms with E-state index in [0.29, 0.717) is 11.1 Å². The van der Waals surface area contributed by atoms with Crippen molar-refractivity contribution in [3.63, 3.8) is 0 Å². The second-order valence-corrected chi connectivity index (χ2v) is 8.88. The van der Waals surface area contributed by atoms with Gasteiger partial charge in [0, 0.05) is 23.3 Å². The number of hydrogen-bond acceptors (Lipinski definition) is 4. The van der Waals surface area contributed by atoms with E-state index in [0.717, 1.165) is 16.7 Å². The van der Waals surface area contributed by atoms with Gasteiger partial charge in [0.05, 0.1) is 17.0 Å². The molecular formula is C31H31N3O4. The van der Waals surface area contributed by atoms with Crippen LogP contribution in [-0.4, -0.2) is 16.7 Å². The normalized spacial score (nSPS) is 11.8. The maximum Gasteiger partial charge on any atom is 0.269 e. The van der Waals surface area contributed by atoms with Crippen molar-refractivity contribution >= 4 is 17.5 Å². The minimum absolute atomic E-state index is 0.0139. The van der Waals surface area contributed by atoms with Gasteiger partial charge in [-0.05, 0) is 56.2 Å². The molecule has 0 heterocycles. The lowest BCUT2D eigenvalue weighted by Crippen LogP contribution is -2.26. The van der Waals surface area contributed by atoms with Crippen molar-refractivity contribution in [2.24, 2.45) is 0 Å². The third kappa shape index (κ3) is 8.13. The minimum atomic E-state index is -0.492. The van der Waals surface area contributed by atoms with Gasteiger partial charge in [0.1, 0.15) is 0 Å². The molecule has 7 nitrogen and oxygen atoms in total. The highest BCUT2D eigenvalue weighted by Crippen LogP contribution is 2.15. The first-order valence-corrected chi connectivity index (χ1v) is 12.3. The van der Waals surface area contributed by atoms with Crippen LogP contribution < -0.4 is 10.6 Å². The first-order valence-electron chi connectivity index (χ1n) is 12.3. The van der Waals surface area contributed by atoms with Gasteiger partial charge in [-0.1, -0.05) is 78.4 Å². The van der Waals surface area contributed by atoms with Crippen molar-refractivity contribution in [3.05, 3.63) is 147 Å². The Balaban J connectivity index is 0.000000212. The largest absolute Gasteiger partial charge is 0.346 e. The second kappa shape index (κ2) is 13.5. The fourth-order valence-electron chi connectivity index (χ4n) is 3.65. The fraction of sp³-hybridized carbons (Fsp3) is 0.161. The molecule has 0 saturated carbocycles. The zero-order valence-corrected chi connectivity index (χ0v) is 21.6. The van der Waals surface area contributed by atoms with Crippen LogP contribution in [0.4, 0.5) is 5.69 Å². The molecule has 0 bridgehead atoms. The lowest BCUT2D eigenvalue weighted by Gasteiger charge is -2.14. The maximum absolute atomic E-state index is 12.0. The van der Waals surface area contributed by atoms with E-state index in [1.165, 1.54) is 24.3 Å². The number of hydrogen-bond donors (Lipinski definition) is 2. The Labute approximate surface area is 222 Å². The summed E-state index contributed by atoms with van der Waals surface area (Å²) in [4.78, 5) is 34.1. The van der Waals surface area contributed by atoms with Gasteiger partial charge in [0.15, 0.2) is 0 Å². The Hall–Kier alpha value is -4.78. The number of aryl methyl sites for hydroxylation is 1. The van der Waals surface area contributed by atoms with Crippen LogP contribution in [0, 0.1) is 17.0 Å². The summed E-state index contributed by atoms with van der Waals surface area (Å²) in [5, 5.41) is 16.4. The number of carbonyl (C=O) groups excluding carboxylic acids is 2. The van der Waals surface area contributed by atoms with E-state index >= 15 is 0 Å². The third-order valence-electron chi connectivity index (χ3n) is 5.95. The Bertz CT molecular complexity index is 1340. The highest BCUT2D eigenvalue weighted by atomic mass is 16.6. The monoisotopic (exact) mass is 509 g/mol. The zero-order chi connectivity index (χ0) is 27.5. The smallest absolute Gasteiger partial charge is 0.269 e. The van der Waals surface area contributed by atoms with Crippen LogP contribution in [-0.2, 0) is 0 Å². The van der Waals surface area contributed by atoms with Gasteiger partial charge in [0.2, 0.25) is 0 Å². The number of carbonyl (C=O) groups is 2. The van der Waals surface area contributed by atoms with Gasteiger partial charge in [-0.25, -0.2) is 0 Å². The average Bonchev–Trinajstić information content (AvgIpc) is 2.94. The highest BCUT2D eigenvalue weighted by molar-refractivity contribution is 5.95. The quantitative estimate of drug-likeness (QED) is 0.217. The van der Waals surface area contributed by atoms with Gasteiger partial charge in [0.25, 0.3) is 17.5 Å². The molecule has 0 unspecified atom stereocenters. The number of nitrogens with zero attached hydrogens (tertiary/aromatic N) is 1. The summed E-state index contributed by atoms with van der Waals surface area (Å²) in [5.41, 5.74) is 4.34. The Morgan fingerprint density at radius 1 is 0.632 bits per heavy atom. The summed E-state index contributed by atoms with van der Waals surface area (Å²) in [7, 11) is 0. The van der Waals surface area contributed by atoms with Crippen molar-refractivity contribution in [1.82, 2.24) is 10.6 Å². The van der Waals surface area contributed by atoms with Crippen molar-refractivity contribution in [3.8, 4) is 0 Å². The minimum Gasteiger partial charge on any atom is -0.346 e. The molecule has 4 aromatic rings. The van der Waals surface area contributed by atoms with E-state index < -0.39 is 4.92 Å². The second-order valence-electron chi connectivity index (χ2n) is 8.88. The summed E-state index contributed by atoms with van der Waals surface area (Å²) in [6, 6.07) is 32.6. The van der Waals surface area contributed by atoms with E-state index in [1.54, 1.807) is 0 Å². The average molecular weight is 510 g/mol. The van der Waals surface area contributed by atoms with Gasteiger partial charge in [-0.15, -0.1) is 0 Å². The molecular weight excluding hydrogens is 478 g/mol. The van der Waals surface area contributed by atoms with Crippen LogP contribution in [0.15, 0.2) is 109 Å². The fourth-order valence-corrected chi connectivity index (χ4v) is 3.65. The zero-order valence-electron chi connectivity index (χ0n) is 21.6. The third-order valence-corrected chi connectivity index (χ3v) is 5.95. The van der Waals surface area contributed by atoms with Gasteiger partial charge < -0.3 is 10.6 Å². The predicted molar refractivity (Wildman–Crippen MR) is 149 cm³/mol. The van der Waals surface area contributed by atoms with Crippen LogP contribution in [0.5, 0.6) is 0 Å². The van der Waals surface area contributed by atoms with E-state index in [4.69, 9.17) is 0 Å². The topological polar surface area (TPSA) is 101 Å². The van der Waals surface area contributed by atoms with E-state index in [9.17, 15) is 19.7 Å². The molecule has 0 aliphatic carbocycles. The standard InChI is InChI=1S/C16H17NO.C15H14N2O3/c1-12-8-10-15(11-9-12)16(18)17-13(2)14-6-4-3-5-7-14;1-11(12-5-3-2-4-6-12)16-15(18)13-7-9-14(10-8-13)17(19)20/h3-11,13H,1-2H3,(H,17,18);2-11H,1H3,(H,16,18)/t13-;11-/m10/s1. The summed E-state index contributed by atoms with van der Waals surface area (Å²) in [5.74, 6) is -0.289. The molecule has 0 aliphatic rings. The molecule has 38 heavy (non-hydrogen) atoms. The number of amides is 2. The molecule has 2 amide bonds. The molecule has 4 aromatic carbocycles.